The summed E-state index contributed by atoms with van der Waals surface area (Å²) in [4.78, 5) is 11.8. The van der Waals surface area contributed by atoms with E-state index in [-0.39, 0.29) is 12.4 Å². The van der Waals surface area contributed by atoms with Gasteiger partial charge in [-0.2, -0.15) is 5.10 Å². The zero-order chi connectivity index (χ0) is 17.5. The largest absolute Gasteiger partial charge is 0.507 e. The van der Waals surface area contributed by atoms with Crippen molar-refractivity contribution in [2.24, 2.45) is 5.10 Å². The van der Waals surface area contributed by atoms with E-state index in [0.29, 0.717) is 22.8 Å². The molecule has 0 atom stereocenters. The molecule has 2 rings (SSSR count). The Balaban J connectivity index is 1.91. The molecular weight excluding hydrogens is 376 g/mol. The number of phenols is 1. The van der Waals surface area contributed by atoms with Crippen molar-refractivity contribution in [3.63, 3.8) is 0 Å². The van der Waals surface area contributed by atoms with E-state index in [1.807, 2.05) is 12.1 Å². The minimum atomic E-state index is -0.398. The molecule has 126 valence electrons. The van der Waals surface area contributed by atoms with E-state index < -0.39 is 5.91 Å². The van der Waals surface area contributed by atoms with Crippen LogP contribution < -0.4 is 14.9 Å². The highest BCUT2D eigenvalue weighted by molar-refractivity contribution is 9.10. The number of nitrogens with zero attached hydrogens (tertiary/aromatic N) is 1. The first-order valence-electron chi connectivity index (χ1n) is 7.08. The Morgan fingerprint density at radius 1 is 1.21 bits per heavy atom. The second kappa shape index (κ2) is 8.35. The third-order valence-corrected chi connectivity index (χ3v) is 3.66. The highest BCUT2D eigenvalue weighted by atomic mass is 79.9. The van der Waals surface area contributed by atoms with Crippen LogP contribution in [0.5, 0.6) is 17.2 Å². The molecule has 0 saturated carbocycles. The van der Waals surface area contributed by atoms with Gasteiger partial charge in [-0.15, -0.1) is 0 Å². The maximum Gasteiger partial charge on any atom is 0.277 e. The highest BCUT2D eigenvalue weighted by Crippen LogP contribution is 2.23. The third kappa shape index (κ3) is 4.99. The van der Waals surface area contributed by atoms with Gasteiger partial charge in [-0.3, -0.25) is 4.79 Å². The van der Waals surface area contributed by atoms with Crippen LogP contribution >= 0.6 is 15.9 Å². The van der Waals surface area contributed by atoms with E-state index in [1.54, 1.807) is 31.2 Å². The predicted octanol–water partition coefficient (Wildman–Crippen LogP) is 3.08. The van der Waals surface area contributed by atoms with Gasteiger partial charge in [0.2, 0.25) is 0 Å². The molecule has 0 aliphatic carbocycles. The summed E-state index contributed by atoms with van der Waals surface area (Å²) in [7, 11) is 1.51. The molecule has 2 aromatic rings. The number of hydrogen-bond donors (Lipinski definition) is 2. The van der Waals surface area contributed by atoms with Gasteiger partial charge in [0.1, 0.15) is 17.2 Å². The molecule has 0 unspecified atom stereocenters. The second-order valence-electron chi connectivity index (χ2n) is 4.86. The van der Waals surface area contributed by atoms with Crippen LogP contribution in [0.25, 0.3) is 0 Å². The van der Waals surface area contributed by atoms with Crippen molar-refractivity contribution in [1.82, 2.24) is 5.43 Å². The number of amides is 1. The lowest BCUT2D eigenvalue weighted by molar-refractivity contribution is -0.123. The highest BCUT2D eigenvalue weighted by Gasteiger charge is 2.07. The van der Waals surface area contributed by atoms with Crippen LogP contribution in [0.3, 0.4) is 0 Å². The summed E-state index contributed by atoms with van der Waals surface area (Å²) < 4.78 is 11.3. The Labute approximate surface area is 148 Å². The molecule has 2 aromatic carbocycles. The van der Waals surface area contributed by atoms with Crippen molar-refractivity contribution in [2.45, 2.75) is 6.92 Å². The van der Waals surface area contributed by atoms with Crippen LogP contribution in [0.15, 0.2) is 52.0 Å². The van der Waals surface area contributed by atoms with Crippen molar-refractivity contribution in [3.8, 4) is 17.2 Å². The van der Waals surface area contributed by atoms with Crippen LogP contribution in [0, 0.1) is 0 Å². The van der Waals surface area contributed by atoms with E-state index in [0.717, 1.165) is 4.47 Å². The molecule has 0 aliphatic heterocycles. The Bertz CT molecular complexity index is 745. The molecule has 0 bridgehead atoms. The number of hydrazone groups is 1. The number of rotatable bonds is 6. The lowest BCUT2D eigenvalue weighted by Crippen LogP contribution is -2.25. The summed E-state index contributed by atoms with van der Waals surface area (Å²) in [5, 5.41) is 13.9. The molecule has 6 nitrogen and oxygen atoms in total. The lowest BCUT2D eigenvalue weighted by Gasteiger charge is -2.08. The maximum absolute atomic E-state index is 11.8. The Morgan fingerprint density at radius 3 is 2.50 bits per heavy atom. The average molecular weight is 393 g/mol. The van der Waals surface area contributed by atoms with Crippen LogP contribution in [-0.4, -0.2) is 30.4 Å². The number of hydrogen-bond acceptors (Lipinski definition) is 5. The maximum atomic E-state index is 11.8. The van der Waals surface area contributed by atoms with Gasteiger partial charge in [-0.1, -0.05) is 15.9 Å². The molecule has 2 N–H and O–H groups in total. The summed E-state index contributed by atoms with van der Waals surface area (Å²) in [6.45, 7) is 1.52. The van der Waals surface area contributed by atoms with Gasteiger partial charge in [0.25, 0.3) is 5.91 Å². The fourth-order valence-corrected chi connectivity index (χ4v) is 2.13. The number of carbonyl (C=O) groups is 1. The molecule has 24 heavy (non-hydrogen) atoms. The van der Waals surface area contributed by atoms with Gasteiger partial charge >= 0.3 is 0 Å². The van der Waals surface area contributed by atoms with E-state index in [2.05, 4.69) is 26.5 Å². The number of methoxy groups -OCH3 is 1. The van der Waals surface area contributed by atoms with Gasteiger partial charge < -0.3 is 14.6 Å². The van der Waals surface area contributed by atoms with E-state index in [9.17, 15) is 9.90 Å². The molecule has 0 spiro atoms. The number of aromatic hydroxyl groups is 1. The van der Waals surface area contributed by atoms with Crippen LogP contribution in [0.1, 0.15) is 12.5 Å². The fraction of sp³-hybridized carbons (Fsp3) is 0.176. The molecule has 0 saturated heterocycles. The van der Waals surface area contributed by atoms with Gasteiger partial charge in [0, 0.05) is 16.1 Å². The summed E-state index contributed by atoms with van der Waals surface area (Å²) in [6.07, 6.45) is 0. The molecule has 0 radical (unpaired) electrons. The van der Waals surface area contributed by atoms with Gasteiger partial charge in [0.05, 0.1) is 12.8 Å². The summed E-state index contributed by atoms with van der Waals surface area (Å²) >= 11 is 3.32. The minimum Gasteiger partial charge on any atom is -0.507 e. The molecule has 1 amide bonds. The summed E-state index contributed by atoms with van der Waals surface area (Å²) in [5.41, 5.74) is 3.36. The quantitative estimate of drug-likeness (QED) is 0.584. The standard InChI is InChI=1S/C17H17BrN2O4/c1-11(15-8-7-14(23-2)9-16(15)21)19-20-17(22)10-24-13-5-3-12(18)4-6-13/h3-9,21H,10H2,1-2H3,(H,20,22)/b19-11+. The number of nitrogens with one attached hydrogen (secondary N) is 1. The monoisotopic (exact) mass is 392 g/mol. The third-order valence-electron chi connectivity index (χ3n) is 3.13. The Kier molecular flexibility index (Phi) is 6.20. The number of benzene rings is 2. The topological polar surface area (TPSA) is 80.2 Å². The number of carbonyl (C=O) groups excluding carboxylic acids is 1. The molecule has 0 heterocycles. The molecular formula is C17H17BrN2O4. The Morgan fingerprint density at radius 2 is 1.88 bits per heavy atom. The summed E-state index contributed by atoms with van der Waals surface area (Å²) in [5.74, 6) is 0.749. The van der Waals surface area contributed by atoms with Crippen molar-refractivity contribution in [2.75, 3.05) is 13.7 Å². The minimum absolute atomic E-state index is 0.0240. The second-order valence-corrected chi connectivity index (χ2v) is 5.77. The van der Waals surface area contributed by atoms with E-state index >= 15 is 0 Å². The first-order chi connectivity index (χ1) is 11.5. The number of phenolic OH excluding ortho intramolecular Hbond substituents is 1. The lowest BCUT2D eigenvalue weighted by atomic mass is 10.1. The number of ether oxygens (including phenoxy) is 2. The molecule has 0 aliphatic rings. The van der Waals surface area contributed by atoms with Crippen LogP contribution in [0.4, 0.5) is 0 Å². The molecule has 0 aromatic heterocycles. The van der Waals surface area contributed by atoms with E-state index in [1.165, 1.54) is 13.2 Å². The summed E-state index contributed by atoms with van der Waals surface area (Å²) in [6, 6.07) is 12.0. The first-order valence-corrected chi connectivity index (χ1v) is 7.88. The normalized spacial score (nSPS) is 11.0. The Hall–Kier alpha value is -2.54. The van der Waals surface area contributed by atoms with Crippen molar-refractivity contribution in [3.05, 3.63) is 52.5 Å². The van der Waals surface area contributed by atoms with Crippen LogP contribution in [0.2, 0.25) is 0 Å². The van der Waals surface area contributed by atoms with Crippen LogP contribution in [-0.2, 0) is 4.79 Å². The average Bonchev–Trinajstić information content (AvgIpc) is 2.59. The van der Waals surface area contributed by atoms with Gasteiger partial charge in [-0.25, -0.2) is 5.43 Å². The van der Waals surface area contributed by atoms with Gasteiger partial charge in [-0.05, 0) is 43.3 Å². The van der Waals surface area contributed by atoms with E-state index in [4.69, 9.17) is 9.47 Å². The van der Waals surface area contributed by atoms with Crippen molar-refractivity contribution >= 4 is 27.5 Å². The SMILES string of the molecule is COc1ccc(/C(C)=N/NC(=O)COc2ccc(Br)cc2)c(O)c1. The zero-order valence-electron chi connectivity index (χ0n) is 13.2. The zero-order valence-corrected chi connectivity index (χ0v) is 14.8. The fourth-order valence-electron chi connectivity index (χ4n) is 1.86. The van der Waals surface area contributed by atoms with Gasteiger partial charge in [0.15, 0.2) is 6.61 Å². The first kappa shape index (κ1) is 17.8. The number of halogens is 1. The van der Waals surface area contributed by atoms with Crippen molar-refractivity contribution < 1.29 is 19.4 Å². The molecule has 7 heteroatoms. The smallest absolute Gasteiger partial charge is 0.277 e. The molecule has 0 fully saturated rings. The van der Waals surface area contributed by atoms with Crippen molar-refractivity contribution in [1.29, 1.82) is 0 Å². The predicted molar refractivity (Wildman–Crippen MR) is 94.6 cm³/mol.